The number of carbonyl (C=O) groups excluding carboxylic acids is 2. The fraction of sp³-hybridized carbons (Fsp3) is 0.565. The molecule has 192 valence electrons. The average molecular weight is 528 g/mol. The van der Waals surface area contributed by atoms with Crippen LogP contribution in [0.5, 0.6) is 0 Å². The van der Waals surface area contributed by atoms with Crippen molar-refractivity contribution in [2.45, 2.75) is 31.8 Å². The van der Waals surface area contributed by atoms with Gasteiger partial charge in [0.1, 0.15) is 6.10 Å². The lowest BCUT2D eigenvalue weighted by molar-refractivity contribution is -0.141. The molecule has 1 aromatic carbocycles. The number of nitrogens with one attached hydrogen (secondary N) is 1. The molecule has 1 aromatic rings. The molecule has 2 saturated heterocycles. The summed E-state index contributed by atoms with van der Waals surface area (Å²) < 4.78 is 38.6. The second-order valence-electron chi connectivity index (χ2n) is 9.15. The highest BCUT2D eigenvalue weighted by atomic mass is 35.5. The summed E-state index contributed by atoms with van der Waals surface area (Å²) in [6.45, 7) is 1.62. The van der Waals surface area contributed by atoms with E-state index in [0.29, 0.717) is 31.1 Å². The monoisotopic (exact) mass is 527 g/mol. The van der Waals surface area contributed by atoms with E-state index in [9.17, 15) is 23.2 Å². The first kappa shape index (κ1) is 25.9. The molecule has 0 radical (unpaired) electrons. The van der Waals surface area contributed by atoms with E-state index >= 15 is 0 Å². The SMILES string of the molecule is O=C(OC1CCOC1)N1CCC(CS(=O)(=O)N2CC=C(c3ccccc3Cl)CC2)(C(=O)NO)CC1. The second kappa shape index (κ2) is 10.8. The van der Waals surface area contributed by atoms with Crippen LogP contribution in [-0.2, 0) is 24.3 Å². The number of carbonyl (C=O) groups is 2. The topological polar surface area (TPSA) is 125 Å². The third-order valence-corrected chi connectivity index (χ3v) is 9.33. The number of ether oxygens (including phenoxy) is 2. The molecule has 3 aliphatic rings. The van der Waals surface area contributed by atoms with Gasteiger partial charge in [-0.3, -0.25) is 10.0 Å². The van der Waals surface area contributed by atoms with Gasteiger partial charge in [0, 0.05) is 37.6 Å². The van der Waals surface area contributed by atoms with Gasteiger partial charge in [0.05, 0.1) is 24.4 Å². The Labute approximate surface area is 209 Å². The van der Waals surface area contributed by atoms with Crippen LogP contribution in [0.3, 0.4) is 0 Å². The number of hydroxylamine groups is 1. The molecule has 0 bridgehead atoms. The number of piperidine rings is 1. The average Bonchev–Trinajstić information content (AvgIpc) is 3.37. The highest BCUT2D eigenvalue weighted by molar-refractivity contribution is 7.89. The van der Waals surface area contributed by atoms with Crippen LogP contribution in [0.4, 0.5) is 4.79 Å². The molecule has 2 fully saturated rings. The number of sulfonamides is 1. The highest BCUT2D eigenvalue weighted by Crippen LogP contribution is 2.36. The van der Waals surface area contributed by atoms with Crippen molar-refractivity contribution >= 4 is 39.2 Å². The van der Waals surface area contributed by atoms with E-state index in [0.717, 1.165) is 11.1 Å². The van der Waals surface area contributed by atoms with E-state index in [4.69, 9.17) is 21.1 Å². The van der Waals surface area contributed by atoms with Crippen LogP contribution in [0.15, 0.2) is 30.3 Å². The minimum atomic E-state index is -3.84. The maximum absolute atomic E-state index is 13.3. The van der Waals surface area contributed by atoms with E-state index in [1.54, 1.807) is 11.5 Å². The minimum absolute atomic E-state index is 0.0867. The van der Waals surface area contributed by atoms with E-state index in [1.807, 2.05) is 24.3 Å². The van der Waals surface area contributed by atoms with E-state index in [-0.39, 0.29) is 45.1 Å². The summed E-state index contributed by atoms with van der Waals surface area (Å²) in [5.41, 5.74) is 2.14. The van der Waals surface area contributed by atoms with E-state index < -0.39 is 33.2 Å². The third-order valence-electron chi connectivity index (χ3n) is 6.96. The molecule has 1 atom stereocenters. The standard InChI is InChI=1S/C23H30ClN3O7S/c24-20-4-2-1-3-19(20)17-5-10-27(11-6-17)35(31,32)16-23(21(28)25-30)8-12-26(13-9-23)22(29)34-18-7-14-33-15-18/h1-5,18,30H,6-16H2,(H,25,28). The molecule has 12 heteroatoms. The van der Waals surface area contributed by atoms with E-state index in [2.05, 4.69) is 0 Å². The number of hydrogen-bond donors (Lipinski definition) is 2. The second-order valence-corrected chi connectivity index (χ2v) is 11.5. The maximum atomic E-state index is 13.3. The van der Waals surface area contributed by atoms with Crippen LogP contribution in [0.1, 0.15) is 31.2 Å². The first-order valence-corrected chi connectivity index (χ1v) is 13.6. The molecule has 10 nitrogen and oxygen atoms in total. The first-order chi connectivity index (χ1) is 16.7. The van der Waals surface area contributed by atoms with Gasteiger partial charge >= 0.3 is 6.09 Å². The Hall–Kier alpha value is -2.18. The van der Waals surface area contributed by atoms with Crippen molar-refractivity contribution in [3.8, 4) is 0 Å². The summed E-state index contributed by atoms with van der Waals surface area (Å²) in [6.07, 6.45) is 2.34. The van der Waals surface area contributed by atoms with Gasteiger partial charge in [-0.1, -0.05) is 35.9 Å². The zero-order valence-electron chi connectivity index (χ0n) is 19.3. The van der Waals surface area contributed by atoms with E-state index in [1.165, 1.54) is 9.21 Å². The summed E-state index contributed by atoms with van der Waals surface area (Å²) in [6, 6.07) is 7.41. The molecule has 0 aromatic heterocycles. The summed E-state index contributed by atoms with van der Waals surface area (Å²) in [7, 11) is -3.84. The van der Waals surface area contributed by atoms with Crippen LogP contribution in [0.2, 0.25) is 5.02 Å². The molecule has 35 heavy (non-hydrogen) atoms. The van der Waals surface area contributed by atoms with Gasteiger partial charge in [-0.25, -0.2) is 18.7 Å². The van der Waals surface area contributed by atoms with Crippen molar-refractivity contribution in [2.24, 2.45) is 5.41 Å². The van der Waals surface area contributed by atoms with Gasteiger partial charge in [0.15, 0.2) is 0 Å². The Bertz CT molecular complexity index is 1080. The van der Waals surface area contributed by atoms with Gasteiger partial charge in [-0.15, -0.1) is 0 Å². The lowest BCUT2D eigenvalue weighted by Crippen LogP contribution is -2.54. The van der Waals surface area contributed by atoms with Crippen molar-refractivity contribution in [1.29, 1.82) is 0 Å². The number of amides is 2. The Morgan fingerprint density at radius 2 is 1.97 bits per heavy atom. The lowest BCUT2D eigenvalue weighted by atomic mass is 9.79. The van der Waals surface area contributed by atoms with Crippen molar-refractivity contribution < 1.29 is 32.7 Å². The summed E-state index contributed by atoms with van der Waals surface area (Å²) in [4.78, 5) is 26.6. The summed E-state index contributed by atoms with van der Waals surface area (Å²) >= 11 is 6.28. The highest BCUT2D eigenvalue weighted by Gasteiger charge is 2.47. The van der Waals surface area contributed by atoms with Crippen molar-refractivity contribution in [1.82, 2.24) is 14.7 Å². The molecule has 3 aliphatic heterocycles. The van der Waals surface area contributed by atoms with Crippen LogP contribution in [-0.4, -0.2) is 86.1 Å². The van der Waals surface area contributed by atoms with Gasteiger partial charge in [-0.05, 0) is 36.5 Å². The number of benzene rings is 1. The number of nitrogens with zero attached hydrogens (tertiary/aromatic N) is 2. The van der Waals surface area contributed by atoms with Gasteiger partial charge in [0.25, 0.3) is 5.91 Å². The largest absolute Gasteiger partial charge is 0.444 e. The molecule has 0 saturated carbocycles. The fourth-order valence-corrected chi connectivity index (χ4v) is 7.03. The Kier molecular flexibility index (Phi) is 8.02. The van der Waals surface area contributed by atoms with Crippen molar-refractivity contribution in [3.63, 3.8) is 0 Å². The van der Waals surface area contributed by atoms with Gasteiger partial charge in [0.2, 0.25) is 10.0 Å². The number of likely N-dealkylation sites (tertiary alicyclic amines) is 1. The summed E-state index contributed by atoms with van der Waals surface area (Å²) in [5, 5.41) is 9.97. The molecule has 4 rings (SSSR count). The van der Waals surface area contributed by atoms with Crippen LogP contribution in [0, 0.1) is 5.41 Å². The Balaban J connectivity index is 1.41. The van der Waals surface area contributed by atoms with Crippen LogP contribution >= 0.6 is 11.6 Å². The quantitative estimate of drug-likeness (QED) is 0.429. The van der Waals surface area contributed by atoms with Crippen molar-refractivity contribution in [3.05, 3.63) is 40.9 Å². The predicted octanol–water partition coefficient (Wildman–Crippen LogP) is 2.27. The summed E-state index contributed by atoms with van der Waals surface area (Å²) in [5.74, 6) is -1.22. The fourth-order valence-electron chi connectivity index (χ4n) is 4.81. The normalized spacial score (nSPS) is 23.0. The number of hydrogen-bond acceptors (Lipinski definition) is 7. The predicted molar refractivity (Wildman–Crippen MR) is 128 cm³/mol. The Morgan fingerprint density at radius 3 is 2.57 bits per heavy atom. The van der Waals surface area contributed by atoms with Crippen molar-refractivity contribution in [2.75, 3.05) is 45.1 Å². The first-order valence-electron chi connectivity index (χ1n) is 11.6. The zero-order valence-corrected chi connectivity index (χ0v) is 20.9. The Morgan fingerprint density at radius 1 is 1.23 bits per heavy atom. The third kappa shape index (κ3) is 5.80. The number of rotatable bonds is 6. The number of halogens is 1. The molecular weight excluding hydrogens is 498 g/mol. The van der Waals surface area contributed by atoms with Crippen LogP contribution in [0.25, 0.3) is 5.57 Å². The maximum Gasteiger partial charge on any atom is 0.410 e. The molecule has 3 heterocycles. The minimum Gasteiger partial charge on any atom is -0.444 e. The zero-order chi connectivity index (χ0) is 25.1. The van der Waals surface area contributed by atoms with Gasteiger partial charge < -0.3 is 14.4 Å². The molecule has 0 spiro atoms. The molecule has 0 aliphatic carbocycles. The smallest absolute Gasteiger partial charge is 0.410 e. The van der Waals surface area contributed by atoms with Crippen LogP contribution < -0.4 is 5.48 Å². The van der Waals surface area contributed by atoms with Gasteiger partial charge in [-0.2, -0.15) is 4.31 Å². The lowest BCUT2D eigenvalue weighted by Gasteiger charge is -2.40. The molecule has 2 amide bonds. The molecule has 2 N–H and O–H groups in total. The molecular formula is C23H30ClN3O7S. The molecule has 1 unspecified atom stereocenters.